The summed E-state index contributed by atoms with van der Waals surface area (Å²) in [6, 6.07) is 4.04. The molecule has 24 heavy (non-hydrogen) atoms. The van der Waals surface area contributed by atoms with E-state index >= 15 is 0 Å². The summed E-state index contributed by atoms with van der Waals surface area (Å²) in [4.78, 5) is 4.70. The van der Waals surface area contributed by atoms with Crippen LogP contribution >= 0.6 is 22.9 Å². The topological polar surface area (TPSA) is 49.6 Å². The van der Waals surface area contributed by atoms with Crippen LogP contribution in [0.15, 0.2) is 35.2 Å². The van der Waals surface area contributed by atoms with Gasteiger partial charge in [0.2, 0.25) is 0 Å². The molecule has 0 fully saturated rings. The summed E-state index contributed by atoms with van der Waals surface area (Å²) in [5.74, 6) is 0.884. The monoisotopic (exact) mass is 357 g/mol. The summed E-state index contributed by atoms with van der Waals surface area (Å²) in [6.07, 6.45) is 6.42. The van der Waals surface area contributed by atoms with Crippen molar-refractivity contribution in [2.24, 2.45) is 5.92 Å². The average Bonchev–Trinajstić information content (AvgIpc) is 3.25. The quantitative estimate of drug-likeness (QED) is 0.540. The molecule has 3 aromatic heterocycles. The zero-order valence-corrected chi connectivity index (χ0v) is 16.2. The van der Waals surface area contributed by atoms with Gasteiger partial charge in [0.1, 0.15) is 0 Å². The van der Waals surface area contributed by atoms with Crippen LogP contribution in [0.1, 0.15) is 39.8 Å². The number of hydrogen-bond acceptors (Lipinski definition) is 5. The maximum absolute atomic E-state index is 7.42. The molecule has 3 heterocycles. The van der Waals surface area contributed by atoms with Crippen LogP contribution in [-0.4, -0.2) is 15.6 Å². The summed E-state index contributed by atoms with van der Waals surface area (Å²) in [5, 5.41) is 11.6. The molecule has 0 bridgehead atoms. The molecule has 0 aromatic carbocycles. The van der Waals surface area contributed by atoms with Crippen molar-refractivity contribution >= 4 is 44.9 Å². The van der Waals surface area contributed by atoms with Crippen LogP contribution in [0.2, 0.25) is 0 Å². The van der Waals surface area contributed by atoms with Crippen LogP contribution in [-0.2, 0) is 0 Å². The van der Waals surface area contributed by atoms with E-state index in [0.29, 0.717) is 0 Å². The second-order valence-electron chi connectivity index (χ2n) is 5.80. The minimum atomic E-state index is 0.836. The molecule has 0 radical (unpaired) electrons. The highest BCUT2D eigenvalue weighted by atomic mass is 32.1. The van der Waals surface area contributed by atoms with Crippen LogP contribution in [0.5, 0.6) is 0 Å². The minimum absolute atomic E-state index is 0.836. The Hall–Kier alpha value is -1.85. The van der Waals surface area contributed by atoms with Crippen LogP contribution < -0.4 is 0 Å². The smallest absolute Gasteiger partial charge is 0.0896 e. The maximum Gasteiger partial charge on any atom is 0.0896 e. The van der Waals surface area contributed by atoms with Gasteiger partial charge in [-0.25, -0.2) is 9.36 Å². The van der Waals surface area contributed by atoms with Crippen molar-refractivity contribution in [3.63, 3.8) is 0 Å². The van der Waals surface area contributed by atoms with E-state index in [9.17, 15) is 0 Å². The first-order chi connectivity index (χ1) is 11.6. The van der Waals surface area contributed by atoms with Crippen LogP contribution in [0.3, 0.4) is 0 Å². The Kier molecular flexibility index (Phi) is 6.82. The zero-order chi connectivity index (χ0) is 17.5. The van der Waals surface area contributed by atoms with Crippen molar-refractivity contribution in [3.8, 4) is 11.1 Å². The third kappa shape index (κ3) is 4.36. The highest BCUT2D eigenvalue weighted by Crippen LogP contribution is 2.33. The summed E-state index contributed by atoms with van der Waals surface area (Å²) < 4.78 is 5.30. The van der Waals surface area contributed by atoms with Gasteiger partial charge in [0.15, 0.2) is 0 Å². The number of nitrogens with one attached hydrogen (secondary N) is 1. The summed E-state index contributed by atoms with van der Waals surface area (Å²) in [6.45, 7) is 8.56. The van der Waals surface area contributed by atoms with E-state index in [-0.39, 0.29) is 0 Å². The fourth-order valence-corrected chi connectivity index (χ4v) is 3.36. The van der Waals surface area contributed by atoms with Gasteiger partial charge < -0.3 is 5.41 Å². The van der Waals surface area contributed by atoms with Crippen molar-refractivity contribution in [1.29, 1.82) is 5.41 Å². The molecule has 126 valence electrons. The lowest BCUT2D eigenvalue weighted by Crippen LogP contribution is -1.90. The van der Waals surface area contributed by atoms with E-state index in [1.807, 2.05) is 30.6 Å². The lowest BCUT2D eigenvalue weighted by atomic mass is 10.1. The van der Waals surface area contributed by atoms with Gasteiger partial charge >= 0.3 is 0 Å². The number of rotatable bonds is 4. The normalized spacial score (nSPS) is 11.5. The molecule has 0 saturated carbocycles. The Morgan fingerprint density at radius 1 is 1.29 bits per heavy atom. The molecule has 0 spiro atoms. The third-order valence-corrected chi connectivity index (χ3v) is 5.26. The highest BCUT2D eigenvalue weighted by molar-refractivity contribution is 7.17. The predicted octanol–water partition coefficient (Wildman–Crippen LogP) is 6.53. The first-order valence-electron chi connectivity index (χ1n) is 8.05. The largest absolute Gasteiger partial charge is 0.308 e. The Morgan fingerprint density at radius 3 is 2.58 bits per heavy atom. The fourth-order valence-electron chi connectivity index (χ4n) is 1.92. The van der Waals surface area contributed by atoms with Crippen molar-refractivity contribution in [1.82, 2.24) is 9.36 Å². The van der Waals surface area contributed by atoms with Crippen molar-refractivity contribution in [2.75, 3.05) is 0 Å². The van der Waals surface area contributed by atoms with Crippen LogP contribution in [0.4, 0.5) is 0 Å². The molecule has 3 nitrogen and oxygen atoms in total. The number of aromatic nitrogens is 2. The lowest BCUT2D eigenvalue weighted by Gasteiger charge is -2.01. The summed E-state index contributed by atoms with van der Waals surface area (Å²) >= 11 is 3.13. The van der Waals surface area contributed by atoms with E-state index in [1.54, 1.807) is 11.3 Å². The molecule has 0 amide bonds. The molecule has 3 aromatic rings. The SMILES string of the molecule is C/C=C(\C=N)c1ccc2scc(-c3cnsc3)c2n1.CCC(C)C. The van der Waals surface area contributed by atoms with Crippen molar-refractivity contribution in [3.05, 3.63) is 40.9 Å². The number of pyridine rings is 1. The Morgan fingerprint density at radius 2 is 2.04 bits per heavy atom. The standard InChI is InChI=1S/C14H11N3S2.C5H12/c1-2-9(5-15)12-3-4-13-14(17-12)11(8-18-13)10-6-16-19-7-10;1-4-5(2)3/h2-8,15H,1H3;5H,4H2,1-3H3/b9-2+,15-5?;. The number of allylic oxidation sites excluding steroid dienone is 2. The summed E-state index contributed by atoms with van der Waals surface area (Å²) in [7, 11) is 0. The molecule has 0 unspecified atom stereocenters. The first-order valence-corrected chi connectivity index (χ1v) is 9.77. The Balaban J connectivity index is 0.000000368. The van der Waals surface area contributed by atoms with Gasteiger partial charge in [-0.2, -0.15) is 0 Å². The molecule has 0 aliphatic carbocycles. The second-order valence-corrected chi connectivity index (χ2v) is 7.36. The zero-order valence-electron chi connectivity index (χ0n) is 14.5. The van der Waals surface area contributed by atoms with Crippen molar-refractivity contribution in [2.45, 2.75) is 34.1 Å². The Bertz CT molecular complexity index is 814. The van der Waals surface area contributed by atoms with Gasteiger partial charge in [0.25, 0.3) is 0 Å². The molecular weight excluding hydrogens is 334 g/mol. The van der Waals surface area contributed by atoms with Gasteiger partial charge in [0.05, 0.1) is 15.9 Å². The molecular formula is C19H23N3S2. The van der Waals surface area contributed by atoms with E-state index in [4.69, 9.17) is 10.4 Å². The number of fused-ring (bicyclic) bond motifs is 1. The first kappa shape index (κ1) is 18.5. The van der Waals surface area contributed by atoms with Gasteiger partial charge in [-0.05, 0) is 36.5 Å². The third-order valence-electron chi connectivity index (χ3n) is 3.74. The molecule has 0 saturated heterocycles. The van der Waals surface area contributed by atoms with Crippen LogP contribution in [0.25, 0.3) is 26.9 Å². The van der Waals surface area contributed by atoms with E-state index < -0.39 is 0 Å². The van der Waals surface area contributed by atoms with Gasteiger partial charge in [-0.15, -0.1) is 11.3 Å². The molecule has 5 heteroatoms. The second kappa shape index (κ2) is 8.85. The van der Waals surface area contributed by atoms with Crippen molar-refractivity contribution < 1.29 is 0 Å². The number of nitrogens with zero attached hydrogens (tertiary/aromatic N) is 2. The predicted molar refractivity (Wildman–Crippen MR) is 108 cm³/mol. The molecule has 3 rings (SSSR count). The number of hydrogen-bond donors (Lipinski definition) is 1. The van der Waals surface area contributed by atoms with Gasteiger partial charge in [0, 0.05) is 39.9 Å². The maximum atomic E-state index is 7.42. The lowest BCUT2D eigenvalue weighted by molar-refractivity contribution is 0.626. The Labute approximate surface area is 151 Å². The fraction of sp³-hybridized carbons (Fsp3) is 0.316. The van der Waals surface area contributed by atoms with E-state index in [0.717, 1.165) is 38.5 Å². The van der Waals surface area contributed by atoms with E-state index in [1.165, 1.54) is 24.2 Å². The molecule has 0 aliphatic heterocycles. The molecule has 1 N–H and O–H groups in total. The number of thiophene rings is 1. The minimum Gasteiger partial charge on any atom is -0.308 e. The van der Waals surface area contributed by atoms with Crippen LogP contribution in [0, 0.1) is 11.3 Å². The average molecular weight is 358 g/mol. The summed E-state index contributed by atoms with van der Waals surface area (Å²) in [5.41, 5.74) is 4.90. The highest BCUT2D eigenvalue weighted by Gasteiger charge is 2.10. The van der Waals surface area contributed by atoms with Gasteiger partial charge in [-0.1, -0.05) is 33.3 Å². The van der Waals surface area contributed by atoms with E-state index in [2.05, 4.69) is 36.6 Å². The molecule has 0 aliphatic rings. The molecule has 0 atom stereocenters. The van der Waals surface area contributed by atoms with Gasteiger partial charge in [-0.3, -0.25) is 0 Å².